The monoisotopic (exact) mass is 764 g/mol. The van der Waals surface area contributed by atoms with Gasteiger partial charge in [0.05, 0.1) is 11.0 Å². The Hall–Kier alpha value is -2.48. The number of aliphatic hydroxyl groups is 2. The Morgan fingerprint density at radius 1 is 1.19 bits per heavy atom. The maximum atomic E-state index is 11.6. The van der Waals surface area contributed by atoms with Crippen LogP contribution in [0.15, 0.2) is 30.1 Å². The van der Waals surface area contributed by atoms with Crippen molar-refractivity contribution < 1.29 is 82.2 Å². The summed E-state index contributed by atoms with van der Waals surface area (Å²) in [6, 6.07) is 3.86. The molecule has 10 N–H and O–H groups in total. The van der Waals surface area contributed by atoms with E-state index in [9.17, 15) is 30.1 Å². The van der Waals surface area contributed by atoms with Crippen LogP contribution in [-0.4, -0.2) is 88.1 Å². The standard InChI is InChI=1S/C21H32N4O9.C4H10O.C3H7NO.C2H6N.Y/c1-12(2)5-6-24(23)11-14(22)8-18(34-31)13-3-4-17(16(7-13)25(29)30)32-20-10-15(26)9-19(33-20)21(27)28;1-4(2)3-5;1-2-3(4)5;1-3-2;/h3-4,7,11-12,15,18-20,26,31H,5-6,8-10,22-23H2,1-2H3,(H,27,28);4-5H,3H2,1-2H3;2H2,1H3,(H2,4,5);1-2H3;/q;;;-1;/b14-11-;;;;. The average molecular weight is 765 g/mol. The molecule has 17 nitrogen and oxygen atoms in total. The number of hydrogen-bond donors (Lipinski definition) is 7. The van der Waals surface area contributed by atoms with Crippen molar-refractivity contribution in [2.45, 2.75) is 91.3 Å². The zero-order valence-electron chi connectivity index (χ0n) is 29.0. The summed E-state index contributed by atoms with van der Waals surface area (Å²) in [6.45, 7) is 10.7. The van der Waals surface area contributed by atoms with E-state index in [2.05, 4.69) is 29.8 Å². The first-order chi connectivity index (χ1) is 21.9. The summed E-state index contributed by atoms with van der Waals surface area (Å²) in [5, 5.41) is 53.1. The molecule has 1 aliphatic heterocycles. The predicted octanol–water partition coefficient (Wildman–Crippen LogP) is 3.00. The molecule has 1 fully saturated rings. The van der Waals surface area contributed by atoms with Crippen LogP contribution in [0, 0.1) is 22.0 Å². The van der Waals surface area contributed by atoms with Gasteiger partial charge in [-0.3, -0.25) is 20.2 Å². The molecule has 1 saturated heterocycles. The number of aliphatic carboxylic acids is 1. The van der Waals surface area contributed by atoms with Gasteiger partial charge in [0.25, 0.3) is 0 Å². The maximum Gasteiger partial charge on any atom is 0.333 e. The molecular formula is C30H55N6O11Y-. The number of rotatable bonds is 14. The number of carboxylic acids is 1. The molecule has 1 amide bonds. The fourth-order valence-electron chi connectivity index (χ4n) is 3.38. The summed E-state index contributed by atoms with van der Waals surface area (Å²) in [6.07, 6.45) is -1.88. The van der Waals surface area contributed by atoms with Crippen LogP contribution in [-0.2, 0) is 51.9 Å². The minimum absolute atomic E-state index is 0. The van der Waals surface area contributed by atoms with Gasteiger partial charge in [-0.05, 0) is 29.9 Å². The second kappa shape index (κ2) is 28.4. The number of benzene rings is 1. The van der Waals surface area contributed by atoms with Crippen molar-refractivity contribution in [2.24, 2.45) is 29.1 Å². The summed E-state index contributed by atoms with van der Waals surface area (Å²) in [4.78, 5) is 36.2. The second-order valence-electron chi connectivity index (χ2n) is 11.4. The molecule has 0 bridgehead atoms. The van der Waals surface area contributed by atoms with E-state index >= 15 is 0 Å². The molecule has 0 saturated carbocycles. The van der Waals surface area contributed by atoms with Crippen molar-refractivity contribution in [1.29, 1.82) is 0 Å². The Kier molecular flexibility index (Phi) is 29.5. The average Bonchev–Trinajstić information content (AvgIpc) is 2.99. The summed E-state index contributed by atoms with van der Waals surface area (Å²) >= 11 is 0. The molecule has 2 rings (SSSR count). The SMILES string of the molecule is CC(C)CCN(N)/C=C(\N)CC(OO)c1ccc(OC2CC(O)CC(C(=O)O)O2)c([N+](=O)[O-])c1.CC(C)CO.CCC(N)=O.C[N-]C.[Y]. The molecule has 18 heteroatoms. The first-order valence-electron chi connectivity index (χ1n) is 15.1. The van der Waals surface area contributed by atoms with Gasteiger partial charge in [0.2, 0.25) is 12.2 Å². The van der Waals surface area contributed by atoms with E-state index in [1.807, 2.05) is 13.8 Å². The zero-order valence-corrected chi connectivity index (χ0v) is 31.9. The van der Waals surface area contributed by atoms with Gasteiger partial charge < -0.3 is 46.6 Å². The molecule has 48 heavy (non-hydrogen) atoms. The number of carbonyl (C=O) groups is 2. The van der Waals surface area contributed by atoms with Gasteiger partial charge in [0.15, 0.2) is 11.9 Å². The summed E-state index contributed by atoms with van der Waals surface area (Å²) in [5.74, 6) is 5.07. The molecule has 1 aromatic rings. The van der Waals surface area contributed by atoms with Gasteiger partial charge in [0, 0.05) is 89.5 Å². The third-order valence-corrected chi connectivity index (χ3v) is 5.91. The topological polar surface area (TPSA) is 281 Å². The van der Waals surface area contributed by atoms with Crippen LogP contribution in [0.1, 0.15) is 78.4 Å². The number of aliphatic hydroxyl groups excluding tert-OH is 2. The first kappa shape index (κ1) is 49.9. The van der Waals surface area contributed by atoms with E-state index in [0.29, 0.717) is 31.4 Å². The number of hydrogen-bond acceptors (Lipinski definition) is 13. The van der Waals surface area contributed by atoms with E-state index in [0.717, 1.165) is 12.5 Å². The molecule has 275 valence electrons. The van der Waals surface area contributed by atoms with Crippen LogP contribution in [0.3, 0.4) is 0 Å². The number of hydrazine groups is 1. The molecule has 0 aliphatic carbocycles. The molecule has 0 spiro atoms. The van der Waals surface area contributed by atoms with Crippen molar-refractivity contribution in [2.75, 3.05) is 27.2 Å². The quantitative estimate of drug-likeness (QED) is 0.0621. The largest absolute Gasteiger partial charge is 0.668 e. The van der Waals surface area contributed by atoms with Gasteiger partial charge in [-0.25, -0.2) is 15.5 Å². The van der Waals surface area contributed by atoms with Gasteiger partial charge >= 0.3 is 11.7 Å². The van der Waals surface area contributed by atoms with E-state index in [1.54, 1.807) is 21.0 Å². The second-order valence-corrected chi connectivity index (χ2v) is 11.4. The fraction of sp³-hybridized carbons (Fsp3) is 0.667. The van der Waals surface area contributed by atoms with Gasteiger partial charge in [-0.2, -0.15) is 14.1 Å². The van der Waals surface area contributed by atoms with Crippen LogP contribution < -0.4 is 22.0 Å². The third kappa shape index (κ3) is 23.8. The maximum absolute atomic E-state index is 11.6. The molecule has 1 aliphatic rings. The smallest absolute Gasteiger partial charge is 0.333 e. The molecule has 1 heterocycles. The fourth-order valence-corrected chi connectivity index (χ4v) is 3.38. The Morgan fingerprint density at radius 3 is 2.15 bits per heavy atom. The number of primary amides is 1. The molecule has 4 atom stereocenters. The van der Waals surface area contributed by atoms with Crippen molar-refractivity contribution in [3.63, 3.8) is 0 Å². The number of nitrogens with two attached hydrogens (primary N) is 3. The molecule has 1 aromatic carbocycles. The normalized spacial score (nSPS) is 17.6. The first-order valence-corrected chi connectivity index (χ1v) is 15.1. The van der Waals surface area contributed by atoms with Crippen LogP contribution in [0.5, 0.6) is 5.75 Å². The van der Waals surface area contributed by atoms with E-state index in [-0.39, 0.29) is 74.9 Å². The number of amides is 1. The minimum Gasteiger partial charge on any atom is -0.668 e. The van der Waals surface area contributed by atoms with E-state index in [1.165, 1.54) is 23.3 Å². The zero-order chi connectivity index (χ0) is 36.7. The van der Waals surface area contributed by atoms with Crippen molar-refractivity contribution in [1.82, 2.24) is 5.01 Å². The predicted molar refractivity (Wildman–Crippen MR) is 176 cm³/mol. The number of carbonyl (C=O) groups excluding carboxylic acids is 1. The third-order valence-electron chi connectivity index (χ3n) is 5.91. The summed E-state index contributed by atoms with van der Waals surface area (Å²) in [5.41, 5.74) is 10.7. The van der Waals surface area contributed by atoms with Crippen LogP contribution in [0.25, 0.3) is 5.32 Å². The Labute approximate surface area is 308 Å². The molecular weight excluding hydrogens is 709 g/mol. The summed E-state index contributed by atoms with van der Waals surface area (Å²) in [7, 11) is 3.50. The Bertz CT molecular complexity index is 1080. The number of nitrogens with zero attached hydrogens (tertiary/aromatic N) is 3. The summed E-state index contributed by atoms with van der Waals surface area (Å²) < 4.78 is 10.8. The Morgan fingerprint density at radius 2 is 1.73 bits per heavy atom. The van der Waals surface area contributed by atoms with Crippen molar-refractivity contribution >= 4 is 17.6 Å². The number of carboxylic acid groups (broad SMARTS) is 1. The Balaban J connectivity index is -0.00000123. The molecule has 4 unspecified atom stereocenters. The van der Waals surface area contributed by atoms with Crippen LogP contribution in [0.4, 0.5) is 5.69 Å². The van der Waals surface area contributed by atoms with Crippen LogP contribution >= 0.6 is 0 Å². The minimum atomic E-state index is -1.29. The van der Waals surface area contributed by atoms with E-state index < -0.39 is 41.2 Å². The van der Waals surface area contributed by atoms with Crippen molar-refractivity contribution in [3.8, 4) is 5.75 Å². The van der Waals surface area contributed by atoms with E-state index in [4.69, 9.17) is 31.3 Å². The number of nitro groups is 1. The van der Waals surface area contributed by atoms with Gasteiger partial charge in [0.1, 0.15) is 6.10 Å². The van der Waals surface area contributed by atoms with Crippen LogP contribution in [0.2, 0.25) is 0 Å². The molecule has 0 aromatic heterocycles. The number of nitro benzene ring substituents is 1. The van der Waals surface area contributed by atoms with Gasteiger partial charge in [-0.1, -0.05) is 40.7 Å². The molecule has 1 radical (unpaired) electrons. The van der Waals surface area contributed by atoms with Gasteiger partial charge in [-0.15, -0.1) is 0 Å². The van der Waals surface area contributed by atoms with Crippen molar-refractivity contribution in [3.05, 3.63) is 51.1 Å². The number of ether oxygens (including phenoxy) is 2.